The molecule has 4 N–H and O–H groups in total. The highest BCUT2D eigenvalue weighted by Crippen LogP contribution is 2.16. The minimum Gasteiger partial charge on any atom is -0.394 e. The fourth-order valence-electron chi connectivity index (χ4n) is 1.07. The van der Waals surface area contributed by atoms with Crippen LogP contribution < -0.4 is 0 Å². The molecule has 0 aromatic carbocycles. The lowest BCUT2D eigenvalue weighted by Crippen LogP contribution is -2.40. The molecule has 0 amide bonds. The average molecular weight is 164 g/mol. The quantitative estimate of drug-likeness (QED) is 0.361. The van der Waals surface area contributed by atoms with Crippen LogP contribution in [0.15, 0.2) is 0 Å². The van der Waals surface area contributed by atoms with Crippen LogP contribution in [0, 0.1) is 0 Å². The van der Waals surface area contributed by atoms with Gasteiger partial charge in [-0.3, -0.25) is 0 Å². The van der Waals surface area contributed by atoms with Crippen LogP contribution in [-0.2, 0) is 4.74 Å². The standard InChI is InChI=1S/C6H12O5/c7-1-3(8)6-5(10)4(9)2-11-6/h3-10H,1-2H2/t3-,4+,5+,6+/m1/s1. The van der Waals surface area contributed by atoms with Gasteiger partial charge in [0.05, 0.1) is 13.2 Å². The fourth-order valence-corrected chi connectivity index (χ4v) is 1.07. The van der Waals surface area contributed by atoms with Crippen LogP contribution in [0.5, 0.6) is 0 Å². The first-order chi connectivity index (χ1) is 5.16. The highest BCUT2D eigenvalue weighted by molar-refractivity contribution is 4.87. The molecule has 0 unspecified atom stereocenters. The Morgan fingerprint density at radius 2 is 2.09 bits per heavy atom. The van der Waals surface area contributed by atoms with E-state index in [-0.39, 0.29) is 6.61 Å². The first-order valence-corrected chi connectivity index (χ1v) is 3.43. The van der Waals surface area contributed by atoms with Crippen molar-refractivity contribution in [1.82, 2.24) is 0 Å². The van der Waals surface area contributed by atoms with E-state index in [1.165, 1.54) is 0 Å². The monoisotopic (exact) mass is 164 g/mol. The second-order valence-electron chi connectivity index (χ2n) is 2.61. The predicted octanol–water partition coefficient (Wildman–Crippen LogP) is -2.54. The molecular weight excluding hydrogens is 152 g/mol. The minimum atomic E-state index is -1.12. The Balaban J connectivity index is 2.47. The van der Waals surface area contributed by atoms with Crippen molar-refractivity contribution in [3.8, 4) is 0 Å². The summed E-state index contributed by atoms with van der Waals surface area (Å²) in [6.45, 7) is -0.475. The summed E-state index contributed by atoms with van der Waals surface area (Å²) in [5.41, 5.74) is 0. The lowest BCUT2D eigenvalue weighted by atomic mass is 10.1. The Bertz CT molecular complexity index is 128. The van der Waals surface area contributed by atoms with Gasteiger partial charge >= 0.3 is 0 Å². The minimum absolute atomic E-state index is 0.00287. The van der Waals surface area contributed by atoms with Crippen LogP contribution in [0.3, 0.4) is 0 Å². The summed E-state index contributed by atoms with van der Waals surface area (Å²) in [4.78, 5) is 0. The van der Waals surface area contributed by atoms with Crippen LogP contribution in [0.2, 0.25) is 0 Å². The van der Waals surface area contributed by atoms with E-state index in [0.29, 0.717) is 0 Å². The van der Waals surface area contributed by atoms with Gasteiger partial charge in [0.1, 0.15) is 24.4 Å². The summed E-state index contributed by atoms with van der Waals surface area (Å²) in [7, 11) is 0. The maximum Gasteiger partial charge on any atom is 0.114 e. The van der Waals surface area contributed by atoms with Crippen LogP contribution >= 0.6 is 0 Å². The third kappa shape index (κ3) is 1.69. The van der Waals surface area contributed by atoms with Crippen molar-refractivity contribution < 1.29 is 25.2 Å². The maximum atomic E-state index is 9.11. The predicted molar refractivity (Wildman–Crippen MR) is 34.8 cm³/mol. The number of hydrogen-bond acceptors (Lipinski definition) is 5. The molecule has 4 atom stereocenters. The van der Waals surface area contributed by atoms with Crippen molar-refractivity contribution in [2.24, 2.45) is 0 Å². The van der Waals surface area contributed by atoms with E-state index >= 15 is 0 Å². The zero-order valence-corrected chi connectivity index (χ0v) is 5.92. The summed E-state index contributed by atoms with van der Waals surface area (Å²) in [6, 6.07) is 0. The molecule has 1 aliphatic rings. The maximum absolute atomic E-state index is 9.11. The lowest BCUT2D eigenvalue weighted by molar-refractivity contribution is -0.0684. The molecule has 0 aromatic heterocycles. The first-order valence-electron chi connectivity index (χ1n) is 3.43. The molecule has 11 heavy (non-hydrogen) atoms. The van der Waals surface area contributed by atoms with Crippen LogP contribution in [0.4, 0.5) is 0 Å². The molecule has 66 valence electrons. The van der Waals surface area contributed by atoms with Gasteiger partial charge in [0, 0.05) is 0 Å². The highest BCUT2D eigenvalue weighted by Gasteiger charge is 2.38. The van der Waals surface area contributed by atoms with Gasteiger partial charge in [0.25, 0.3) is 0 Å². The average Bonchev–Trinajstić information content (AvgIpc) is 2.32. The molecule has 1 heterocycles. The molecule has 1 rings (SSSR count). The van der Waals surface area contributed by atoms with Crippen molar-refractivity contribution in [2.75, 3.05) is 13.2 Å². The fraction of sp³-hybridized carbons (Fsp3) is 1.00. The highest BCUT2D eigenvalue weighted by atomic mass is 16.5. The molecule has 0 bridgehead atoms. The van der Waals surface area contributed by atoms with E-state index < -0.39 is 31.0 Å². The van der Waals surface area contributed by atoms with E-state index in [1.807, 2.05) is 0 Å². The van der Waals surface area contributed by atoms with E-state index in [4.69, 9.17) is 25.2 Å². The largest absolute Gasteiger partial charge is 0.394 e. The third-order valence-corrected chi connectivity index (χ3v) is 1.76. The molecule has 1 fully saturated rings. The molecule has 1 saturated heterocycles. The van der Waals surface area contributed by atoms with E-state index in [2.05, 4.69) is 0 Å². The summed E-state index contributed by atoms with van der Waals surface area (Å²) in [5, 5.41) is 35.5. The summed E-state index contributed by atoms with van der Waals surface area (Å²) in [6.07, 6.45) is -4.05. The Kier molecular flexibility index (Phi) is 2.80. The van der Waals surface area contributed by atoms with Gasteiger partial charge < -0.3 is 25.2 Å². The summed E-state index contributed by atoms with van der Waals surface area (Å²) >= 11 is 0. The number of aliphatic hydroxyl groups excluding tert-OH is 4. The molecule has 0 spiro atoms. The van der Waals surface area contributed by atoms with Crippen LogP contribution in [0.1, 0.15) is 0 Å². The van der Waals surface area contributed by atoms with Crippen LogP contribution in [0.25, 0.3) is 0 Å². The Hall–Kier alpha value is -0.200. The zero-order chi connectivity index (χ0) is 8.43. The van der Waals surface area contributed by atoms with Gasteiger partial charge in [-0.25, -0.2) is 0 Å². The number of hydrogen-bond donors (Lipinski definition) is 4. The number of aliphatic hydroxyl groups is 4. The van der Waals surface area contributed by atoms with Gasteiger partial charge in [0.15, 0.2) is 0 Å². The Morgan fingerprint density at radius 3 is 2.45 bits per heavy atom. The topological polar surface area (TPSA) is 90.2 Å². The Morgan fingerprint density at radius 1 is 1.45 bits per heavy atom. The molecule has 0 saturated carbocycles. The van der Waals surface area contributed by atoms with Crippen LogP contribution in [-0.4, -0.2) is 58.1 Å². The molecule has 5 nitrogen and oxygen atoms in total. The summed E-state index contributed by atoms with van der Waals surface area (Å²) in [5.74, 6) is 0. The van der Waals surface area contributed by atoms with Gasteiger partial charge in [-0.2, -0.15) is 0 Å². The van der Waals surface area contributed by atoms with Crippen molar-refractivity contribution in [3.05, 3.63) is 0 Å². The van der Waals surface area contributed by atoms with Gasteiger partial charge in [-0.05, 0) is 0 Å². The van der Waals surface area contributed by atoms with Crippen molar-refractivity contribution in [3.63, 3.8) is 0 Å². The van der Waals surface area contributed by atoms with Gasteiger partial charge in [-0.1, -0.05) is 0 Å². The van der Waals surface area contributed by atoms with E-state index in [0.717, 1.165) is 0 Å². The van der Waals surface area contributed by atoms with Gasteiger partial charge in [0.2, 0.25) is 0 Å². The van der Waals surface area contributed by atoms with Crippen molar-refractivity contribution in [2.45, 2.75) is 24.4 Å². The molecule has 5 heteroatoms. The molecular formula is C6H12O5. The second-order valence-corrected chi connectivity index (χ2v) is 2.61. The molecule has 0 radical (unpaired) electrons. The molecule has 0 aromatic rings. The molecule has 1 aliphatic heterocycles. The van der Waals surface area contributed by atoms with E-state index in [1.54, 1.807) is 0 Å². The first kappa shape index (κ1) is 8.89. The van der Waals surface area contributed by atoms with Gasteiger partial charge in [-0.15, -0.1) is 0 Å². The smallest absolute Gasteiger partial charge is 0.114 e. The third-order valence-electron chi connectivity index (χ3n) is 1.76. The zero-order valence-electron chi connectivity index (χ0n) is 5.92. The molecule has 0 aliphatic carbocycles. The lowest BCUT2D eigenvalue weighted by Gasteiger charge is -2.18. The van der Waals surface area contributed by atoms with E-state index in [9.17, 15) is 0 Å². The second kappa shape index (κ2) is 3.46. The Labute approximate surface area is 63.8 Å². The number of rotatable bonds is 2. The summed E-state index contributed by atoms with van der Waals surface area (Å²) < 4.78 is 4.82. The number of ether oxygens (including phenoxy) is 1. The van der Waals surface area contributed by atoms with Crippen molar-refractivity contribution in [1.29, 1.82) is 0 Å². The normalized spacial score (nSPS) is 40.9. The SMILES string of the molecule is OC[C@@H](O)[C@@H]1OC[C@H](O)[C@@H]1O. The van der Waals surface area contributed by atoms with Crippen molar-refractivity contribution >= 4 is 0 Å².